The minimum Gasteiger partial charge on any atom is -0.480 e. The molecule has 0 radical (unpaired) electrons. The molecular formula is C12H24N2O8. The molecule has 0 saturated carbocycles. The third-order valence-corrected chi connectivity index (χ3v) is 3.62. The molecule has 0 aromatic carbocycles. The fourth-order valence-corrected chi connectivity index (χ4v) is 2.19. The molecule has 0 bridgehead atoms. The molecule has 1 rings (SSSR count). The molecule has 0 spiro atoms. The van der Waals surface area contributed by atoms with Crippen LogP contribution in [-0.2, 0) is 9.53 Å². The summed E-state index contributed by atoms with van der Waals surface area (Å²) in [6, 6.07) is -1.16. The zero-order valence-corrected chi connectivity index (χ0v) is 11.9. The van der Waals surface area contributed by atoms with Gasteiger partial charge in [0.1, 0.15) is 36.7 Å². The highest BCUT2D eigenvalue weighted by atomic mass is 16.6. The number of carbonyl (C=O) groups is 1. The Balaban J connectivity index is 2.68. The molecule has 1 aliphatic rings. The van der Waals surface area contributed by atoms with Crippen molar-refractivity contribution in [2.75, 3.05) is 13.2 Å². The Bertz CT molecular complexity index is 356. The zero-order chi connectivity index (χ0) is 16.9. The van der Waals surface area contributed by atoms with Gasteiger partial charge in [0.2, 0.25) is 0 Å². The van der Waals surface area contributed by atoms with Gasteiger partial charge in [-0.2, -0.15) is 0 Å². The van der Waals surface area contributed by atoms with E-state index in [0.717, 1.165) is 0 Å². The maximum atomic E-state index is 11.2. The lowest BCUT2D eigenvalue weighted by Crippen LogP contribution is -2.64. The van der Waals surface area contributed by atoms with E-state index in [9.17, 15) is 25.2 Å². The number of aliphatic hydroxyl groups is 5. The summed E-state index contributed by atoms with van der Waals surface area (Å²) < 4.78 is 5.17. The molecule has 1 aliphatic heterocycles. The summed E-state index contributed by atoms with van der Waals surface area (Å²) >= 11 is 0. The Kier molecular flexibility index (Phi) is 7.59. The number of hydrogen-bond donors (Lipinski definition) is 8. The number of rotatable bonds is 8. The maximum Gasteiger partial charge on any atom is 0.320 e. The highest BCUT2D eigenvalue weighted by Gasteiger charge is 2.44. The number of aliphatic carboxylic acids is 1. The predicted molar refractivity (Wildman–Crippen MR) is 72.6 cm³/mol. The van der Waals surface area contributed by atoms with Crippen LogP contribution in [0.2, 0.25) is 0 Å². The minimum absolute atomic E-state index is 0.00755. The average Bonchev–Trinajstić information content (AvgIpc) is 2.50. The lowest BCUT2D eigenvalue weighted by Gasteiger charge is -2.41. The first-order chi connectivity index (χ1) is 10.3. The van der Waals surface area contributed by atoms with Gasteiger partial charge in [-0.1, -0.05) is 0 Å². The molecule has 1 unspecified atom stereocenters. The molecule has 7 atom stereocenters. The van der Waals surface area contributed by atoms with Gasteiger partial charge in [-0.3, -0.25) is 10.1 Å². The van der Waals surface area contributed by atoms with Crippen LogP contribution in [0.25, 0.3) is 0 Å². The van der Waals surface area contributed by atoms with E-state index in [0.29, 0.717) is 0 Å². The predicted octanol–water partition coefficient (Wildman–Crippen LogP) is -4.07. The van der Waals surface area contributed by atoms with Crippen LogP contribution in [0.4, 0.5) is 0 Å². The fraction of sp³-hybridized carbons (Fsp3) is 0.917. The van der Waals surface area contributed by atoms with Gasteiger partial charge in [-0.15, -0.1) is 0 Å². The summed E-state index contributed by atoms with van der Waals surface area (Å²) in [5.74, 6) is -1.24. The lowest BCUT2D eigenvalue weighted by atomic mass is 9.97. The van der Waals surface area contributed by atoms with Crippen molar-refractivity contribution in [2.24, 2.45) is 5.73 Å². The second-order valence-corrected chi connectivity index (χ2v) is 5.27. The van der Waals surface area contributed by atoms with Crippen LogP contribution in [0, 0.1) is 0 Å². The van der Waals surface area contributed by atoms with Gasteiger partial charge in [-0.25, -0.2) is 0 Å². The Morgan fingerprint density at radius 2 is 1.82 bits per heavy atom. The Labute approximate surface area is 127 Å². The fourth-order valence-electron chi connectivity index (χ4n) is 2.19. The number of carboxylic acid groups (broad SMARTS) is 1. The molecule has 1 saturated heterocycles. The normalized spacial score (nSPS) is 35.1. The van der Waals surface area contributed by atoms with Crippen LogP contribution >= 0.6 is 0 Å². The highest BCUT2D eigenvalue weighted by molar-refractivity contribution is 5.73. The molecule has 1 heterocycles. The molecule has 9 N–H and O–H groups in total. The van der Waals surface area contributed by atoms with Crippen LogP contribution in [0.15, 0.2) is 0 Å². The average molecular weight is 324 g/mol. The molecule has 0 aliphatic carbocycles. The maximum absolute atomic E-state index is 11.2. The number of aliphatic hydroxyl groups excluding tert-OH is 5. The molecule has 0 aromatic rings. The Hall–Kier alpha value is -0.850. The van der Waals surface area contributed by atoms with Crippen molar-refractivity contribution in [1.29, 1.82) is 0 Å². The summed E-state index contributed by atoms with van der Waals surface area (Å²) in [5.41, 5.74) is 5.24. The van der Waals surface area contributed by atoms with Gasteiger partial charge in [-0.05, 0) is 12.8 Å². The first-order valence-corrected chi connectivity index (χ1v) is 6.99. The van der Waals surface area contributed by atoms with E-state index >= 15 is 0 Å². The van der Waals surface area contributed by atoms with E-state index in [4.69, 9.17) is 20.7 Å². The van der Waals surface area contributed by atoms with Gasteiger partial charge >= 0.3 is 5.97 Å². The Morgan fingerprint density at radius 1 is 1.18 bits per heavy atom. The van der Waals surface area contributed by atoms with Crippen molar-refractivity contribution in [3.05, 3.63) is 0 Å². The van der Waals surface area contributed by atoms with Crippen LogP contribution in [0.3, 0.4) is 0 Å². The number of carboxylic acids is 1. The van der Waals surface area contributed by atoms with E-state index < -0.39 is 55.4 Å². The lowest BCUT2D eigenvalue weighted by molar-refractivity contribution is -0.238. The van der Waals surface area contributed by atoms with Gasteiger partial charge in [0, 0.05) is 6.54 Å². The summed E-state index contributed by atoms with van der Waals surface area (Å²) in [7, 11) is 0. The van der Waals surface area contributed by atoms with Crippen molar-refractivity contribution >= 4 is 5.97 Å². The van der Waals surface area contributed by atoms with Crippen LogP contribution in [0.5, 0.6) is 0 Å². The van der Waals surface area contributed by atoms with Crippen LogP contribution < -0.4 is 11.1 Å². The van der Waals surface area contributed by atoms with Gasteiger partial charge in [0.15, 0.2) is 0 Å². The van der Waals surface area contributed by atoms with Crippen molar-refractivity contribution < 1.29 is 40.2 Å². The smallest absolute Gasteiger partial charge is 0.320 e. The van der Waals surface area contributed by atoms with Gasteiger partial charge in [0.25, 0.3) is 0 Å². The molecule has 10 nitrogen and oxygen atoms in total. The molecular weight excluding hydrogens is 300 g/mol. The van der Waals surface area contributed by atoms with E-state index in [1.165, 1.54) is 0 Å². The Morgan fingerprint density at radius 3 is 2.32 bits per heavy atom. The number of nitrogens with one attached hydrogen (secondary N) is 1. The summed E-state index contributed by atoms with van der Waals surface area (Å²) in [6.07, 6.45) is -7.79. The standard InChI is InChI=1S/C12H24N2O8/c13-3-5(16)1-2-6(12(20)21)14-11-10(19)9(18)8(17)7(4-15)22-11/h5-11,14-19H,1-4,13H2,(H,20,21)/t5-,6+,7-,8+,9+,10-,11?/m1/s1. The van der Waals surface area contributed by atoms with Crippen molar-refractivity contribution in [3.63, 3.8) is 0 Å². The topological polar surface area (TPSA) is 186 Å². The second kappa shape index (κ2) is 8.70. The van der Waals surface area contributed by atoms with E-state index in [2.05, 4.69) is 5.32 Å². The summed E-state index contributed by atoms with van der Waals surface area (Å²) in [5, 5.41) is 59.2. The van der Waals surface area contributed by atoms with Crippen LogP contribution in [0.1, 0.15) is 12.8 Å². The van der Waals surface area contributed by atoms with Crippen LogP contribution in [-0.4, -0.2) is 92.5 Å². The minimum atomic E-state index is -1.59. The van der Waals surface area contributed by atoms with Gasteiger partial charge in [0.05, 0.1) is 12.7 Å². The van der Waals surface area contributed by atoms with E-state index in [1.807, 2.05) is 0 Å². The first-order valence-electron chi connectivity index (χ1n) is 6.99. The quantitative estimate of drug-likeness (QED) is 0.218. The third-order valence-electron chi connectivity index (χ3n) is 3.62. The molecule has 0 aromatic heterocycles. The highest BCUT2D eigenvalue weighted by Crippen LogP contribution is 2.20. The number of ether oxygens (including phenoxy) is 1. The largest absolute Gasteiger partial charge is 0.480 e. The molecule has 0 amide bonds. The summed E-state index contributed by atoms with van der Waals surface area (Å²) in [6.45, 7) is -0.612. The van der Waals surface area contributed by atoms with Crippen molar-refractivity contribution in [3.8, 4) is 0 Å². The van der Waals surface area contributed by atoms with Gasteiger partial charge < -0.3 is 41.1 Å². The SMILES string of the molecule is NC[C@H](O)CC[C@H](NC1O[C@H](CO)[C@H](O)[C@H](O)[C@H]1O)C(=O)O. The van der Waals surface area contributed by atoms with Crippen molar-refractivity contribution in [1.82, 2.24) is 5.32 Å². The van der Waals surface area contributed by atoms with Crippen molar-refractivity contribution in [2.45, 2.75) is 55.6 Å². The van der Waals surface area contributed by atoms with E-state index in [1.54, 1.807) is 0 Å². The molecule has 130 valence electrons. The molecule has 22 heavy (non-hydrogen) atoms. The van der Waals surface area contributed by atoms with E-state index in [-0.39, 0.29) is 19.4 Å². The summed E-state index contributed by atoms with van der Waals surface area (Å²) in [4.78, 5) is 11.2. The second-order valence-electron chi connectivity index (χ2n) is 5.27. The molecule has 10 heteroatoms. The monoisotopic (exact) mass is 324 g/mol. The third kappa shape index (κ3) is 4.83. The number of hydrogen-bond acceptors (Lipinski definition) is 9. The zero-order valence-electron chi connectivity index (χ0n) is 11.9. The molecule has 1 fully saturated rings. The number of nitrogens with two attached hydrogens (primary N) is 1. The first kappa shape index (κ1) is 19.2.